The first-order chi connectivity index (χ1) is 27.4. The Morgan fingerprint density at radius 2 is 1.56 bits per heavy atom. The number of carboxylic acids is 1. The lowest BCUT2D eigenvalue weighted by molar-refractivity contribution is -0.238. The molecule has 5 fully saturated rings. The maximum atomic E-state index is 14.2. The van der Waals surface area contributed by atoms with Gasteiger partial charge in [0.1, 0.15) is 12.4 Å². The number of fused-ring (bicyclic) bond motifs is 7. The van der Waals surface area contributed by atoms with Gasteiger partial charge in [-0.15, -0.1) is 0 Å². The van der Waals surface area contributed by atoms with Crippen LogP contribution in [0.25, 0.3) is 0 Å². The van der Waals surface area contributed by atoms with Crippen molar-refractivity contribution in [3.8, 4) is 0 Å². The lowest BCUT2D eigenvalue weighted by Gasteiger charge is -2.72. The van der Waals surface area contributed by atoms with Crippen molar-refractivity contribution >= 4 is 23.6 Å². The van der Waals surface area contributed by atoms with Crippen molar-refractivity contribution < 1.29 is 34.1 Å². The van der Waals surface area contributed by atoms with Crippen LogP contribution in [0.1, 0.15) is 151 Å². The monoisotopic (exact) mass is 817 g/mol. The minimum Gasteiger partial charge on any atom is -0.481 e. The topological polar surface area (TPSA) is 168 Å². The standard InChI is InChI=1S/C48H72N4O7/c1-27(2)37-32(53)21-48(35(54)24-49-25-42(3,4)52-39(55)28-22-50-26-51-23-28)19-18-46(10)29(38(37)48)12-13-34-45(9)16-15-36(44(7,8)33(45)14-17-47(34,46)11)59-41(58)31-20-30(40(56)57)43(31,5)6/h22-23,26-27,29-31,33-36,49,54H,12-21,24-25H2,1-11H3,(H,52,55)(H,56,57)/t29-,30+,31-,33+,34-,35+,36+,45+,46-,47-,48+/m1/s1. The predicted octanol–water partition coefficient (Wildman–Crippen LogP) is 7.57. The number of carbonyl (C=O) groups excluding carboxylic acids is 3. The van der Waals surface area contributed by atoms with E-state index in [2.05, 4.69) is 69.1 Å². The quantitative estimate of drug-likeness (QED) is 0.164. The number of hydrogen-bond acceptors (Lipinski definition) is 9. The van der Waals surface area contributed by atoms with Crippen LogP contribution < -0.4 is 10.6 Å². The van der Waals surface area contributed by atoms with Crippen molar-refractivity contribution in [3.05, 3.63) is 35.4 Å². The molecule has 0 unspecified atom stereocenters. The van der Waals surface area contributed by atoms with Gasteiger partial charge in [0.05, 0.1) is 23.5 Å². The van der Waals surface area contributed by atoms with Crippen molar-refractivity contribution in [2.24, 2.45) is 68.0 Å². The van der Waals surface area contributed by atoms with E-state index in [9.17, 15) is 29.4 Å². The molecule has 6 aliphatic rings. The van der Waals surface area contributed by atoms with E-state index in [0.29, 0.717) is 43.3 Å². The SMILES string of the molecule is CC(C)C1=C2[C@H]3CC[C@@H]4[C@@]5(C)CC[C@H](OC(=O)[C@H]6C[C@@H](C(=O)O)C6(C)C)C(C)(C)[C@@H]5CC[C@@]4(C)[C@]3(C)CC[C@@]2([C@@H](O)CNCC(C)(C)NC(=O)c2cncnc2)CC1=O. The van der Waals surface area contributed by atoms with Gasteiger partial charge < -0.3 is 25.6 Å². The molecular weight excluding hydrogens is 745 g/mol. The Bertz CT molecular complexity index is 1890. The van der Waals surface area contributed by atoms with Crippen LogP contribution in [0, 0.1) is 68.0 Å². The van der Waals surface area contributed by atoms with Gasteiger partial charge in [-0.1, -0.05) is 67.9 Å². The molecule has 1 heterocycles. The average molecular weight is 817 g/mol. The van der Waals surface area contributed by atoms with Crippen molar-refractivity contribution in [1.82, 2.24) is 20.6 Å². The van der Waals surface area contributed by atoms with Crippen LogP contribution in [0.15, 0.2) is 29.9 Å². The first-order valence-electron chi connectivity index (χ1n) is 22.5. The molecule has 11 nitrogen and oxygen atoms in total. The van der Waals surface area contributed by atoms with E-state index in [0.717, 1.165) is 56.9 Å². The summed E-state index contributed by atoms with van der Waals surface area (Å²) >= 11 is 0. The summed E-state index contributed by atoms with van der Waals surface area (Å²) in [7, 11) is 0. The van der Waals surface area contributed by atoms with Gasteiger partial charge >= 0.3 is 11.9 Å². The van der Waals surface area contributed by atoms with E-state index in [4.69, 9.17) is 4.74 Å². The maximum absolute atomic E-state index is 14.2. The number of ether oxygens (including phenoxy) is 1. The number of aromatic nitrogens is 2. The summed E-state index contributed by atoms with van der Waals surface area (Å²) in [5.74, 6) is -0.961. The number of allylic oxidation sites excluding steroid dienone is 1. The molecule has 0 saturated heterocycles. The van der Waals surface area contributed by atoms with Crippen LogP contribution >= 0.6 is 0 Å². The predicted molar refractivity (Wildman–Crippen MR) is 225 cm³/mol. The zero-order valence-electron chi connectivity index (χ0n) is 37.7. The van der Waals surface area contributed by atoms with Gasteiger partial charge in [-0.3, -0.25) is 19.2 Å². The molecule has 1 aromatic rings. The van der Waals surface area contributed by atoms with Gasteiger partial charge in [0.15, 0.2) is 5.78 Å². The smallest absolute Gasteiger partial charge is 0.309 e. The Morgan fingerprint density at radius 3 is 2.19 bits per heavy atom. The Labute approximate surface area is 352 Å². The minimum atomic E-state index is -0.839. The molecule has 5 saturated carbocycles. The zero-order chi connectivity index (χ0) is 43.3. The van der Waals surface area contributed by atoms with Crippen molar-refractivity contribution in [2.45, 2.75) is 158 Å². The van der Waals surface area contributed by atoms with E-state index < -0.39 is 40.3 Å². The number of nitrogens with zero attached hydrogens (tertiary/aromatic N) is 2. The molecule has 0 aliphatic heterocycles. The molecule has 1 amide bonds. The second-order valence-corrected chi connectivity index (χ2v) is 22.8. The molecule has 4 N–H and O–H groups in total. The van der Waals surface area contributed by atoms with Gasteiger partial charge in [-0.25, -0.2) is 9.97 Å². The van der Waals surface area contributed by atoms with Gasteiger partial charge in [0, 0.05) is 48.3 Å². The highest BCUT2D eigenvalue weighted by molar-refractivity contribution is 6.01. The summed E-state index contributed by atoms with van der Waals surface area (Å²) in [6, 6.07) is 0. The molecule has 326 valence electrons. The van der Waals surface area contributed by atoms with Crippen LogP contribution in [-0.4, -0.2) is 74.6 Å². The Kier molecular flexibility index (Phi) is 11.0. The second kappa shape index (κ2) is 14.7. The third kappa shape index (κ3) is 6.72. The molecule has 6 aliphatic carbocycles. The normalized spacial score (nSPS) is 38.9. The highest BCUT2D eigenvalue weighted by atomic mass is 16.5. The summed E-state index contributed by atoms with van der Waals surface area (Å²) in [5.41, 5.74) is 0.505. The molecule has 0 radical (unpaired) electrons. The number of ketones is 1. The number of nitrogens with one attached hydrogen (secondary N) is 2. The number of esters is 1. The van der Waals surface area contributed by atoms with Crippen LogP contribution in [0.2, 0.25) is 0 Å². The minimum absolute atomic E-state index is 0.0185. The molecule has 0 aromatic carbocycles. The fourth-order valence-electron chi connectivity index (χ4n) is 14.8. The summed E-state index contributed by atoms with van der Waals surface area (Å²) in [5, 5.41) is 28.5. The Balaban J connectivity index is 1.09. The van der Waals surface area contributed by atoms with E-state index in [1.807, 2.05) is 27.7 Å². The number of aliphatic hydroxyl groups excluding tert-OH is 1. The van der Waals surface area contributed by atoms with E-state index >= 15 is 0 Å². The van der Waals surface area contributed by atoms with Crippen molar-refractivity contribution in [3.63, 3.8) is 0 Å². The lowest BCUT2D eigenvalue weighted by atomic mass is 9.33. The first-order valence-corrected chi connectivity index (χ1v) is 22.5. The number of aliphatic hydroxyl groups is 1. The number of hydrogen-bond donors (Lipinski definition) is 4. The molecule has 7 rings (SSSR count). The largest absolute Gasteiger partial charge is 0.481 e. The number of carbonyl (C=O) groups is 4. The van der Waals surface area contributed by atoms with Crippen LogP contribution in [-0.2, 0) is 19.1 Å². The summed E-state index contributed by atoms with van der Waals surface area (Å²) < 4.78 is 6.42. The van der Waals surface area contributed by atoms with Crippen LogP contribution in [0.5, 0.6) is 0 Å². The van der Waals surface area contributed by atoms with Crippen LogP contribution in [0.3, 0.4) is 0 Å². The molecule has 0 spiro atoms. The number of carboxylic acid groups (broad SMARTS) is 1. The van der Waals surface area contributed by atoms with Crippen molar-refractivity contribution in [2.75, 3.05) is 13.1 Å². The maximum Gasteiger partial charge on any atom is 0.309 e. The summed E-state index contributed by atoms with van der Waals surface area (Å²) in [4.78, 5) is 60.4. The number of Topliss-reactive ketones (excluding diaryl/α,β-unsaturated/α-hetero) is 1. The van der Waals surface area contributed by atoms with Crippen molar-refractivity contribution in [1.29, 1.82) is 0 Å². The van der Waals surface area contributed by atoms with Crippen LogP contribution in [0.4, 0.5) is 0 Å². The van der Waals surface area contributed by atoms with E-state index in [1.54, 1.807) is 0 Å². The highest BCUT2D eigenvalue weighted by Gasteiger charge is 2.71. The highest BCUT2D eigenvalue weighted by Crippen LogP contribution is 2.77. The zero-order valence-corrected chi connectivity index (χ0v) is 37.7. The molecular formula is C48H72N4O7. The third-order valence-electron chi connectivity index (χ3n) is 18.3. The van der Waals surface area contributed by atoms with Gasteiger partial charge in [0.2, 0.25) is 0 Å². The molecule has 11 heteroatoms. The first kappa shape index (κ1) is 43.9. The van der Waals surface area contributed by atoms with Gasteiger partial charge in [-0.05, 0) is 123 Å². The fraction of sp³-hybridized carbons (Fsp3) is 0.792. The van der Waals surface area contributed by atoms with Gasteiger partial charge in [-0.2, -0.15) is 0 Å². The molecule has 11 atom stereocenters. The number of rotatable bonds is 11. The number of amides is 1. The fourth-order valence-corrected chi connectivity index (χ4v) is 14.8. The van der Waals surface area contributed by atoms with E-state index in [-0.39, 0.29) is 57.3 Å². The molecule has 59 heavy (non-hydrogen) atoms. The van der Waals surface area contributed by atoms with E-state index in [1.165, 1.54) is 24.3 Å². The number of aliphatic carboxylic acids is 1. The lowest BCUT2D eigenvalue weighted by Crippen LogP contribution is -2.66. The molecule has 1 aromatic heterocycles. The summed E-state index contributed by atoms with van der Waals surface area (Å²) in [6.07, 6.45) is 11.8. The Hall–Kier alpha value is -3.18. The Morgan fingerprint density at radius 1 is 0.881 bits per heavy atom. The second-order valence-electron chi connectivity index (χ2n) is 22.8. The average Bonchev–Trinajstić information content (AvgIpc) is 3.45. The molecule has 0 bridgehead atoms. The van der Waals surface area contributed by atoms with Gasteiger partial charge in [0.25, 0.3) is 5.91 Å². The summed E-state index contributed by atoms with van der Waals surface area (Å²) in [6.45, 7) is 24.9. The third-order valence-corrected chi connectivity index (χ3v) is 18.3.